The molecular formula is C28H37N3O3. The van der Waals surface area contributed by atoms with E-state index in [1.165, 1.54) is 0 Å². The molecule has 0 aliphatic carbocycles. The largest absolute Gasteiger partial charge is 0.381 e. The van der Waals surface area contributed by atoms with Gasteiger partial charge in [-0.25, -0.2) is 0 Å². The maximum Gasteiger partial charge on any atom is 0.253 e. The molecule has 0 radical (unpaired) electrons. The Balaban J connectivity index is 1.70. The van der Waals surface area contributed by atoms with Crippen LogP contribution in [0.3, 0.4) is 0 Å². The average Bonchev–Trinajstić information content (AvgIpc) is 2.84. The number of fused-ring (bicyclic) bond motifs is 2. The van der Waals surface area contributed by atoms with E-state index in [-0.39, 0.29) is 18.0 Å². The predicted molar refractivity (Wildman–Crippen MR) is 137 cm³/mol. The standard InChI is InChI=1S/C28H37N3O3/c1-3-31(22-14-16-34-17-15-22)26-13-9-12-24-23(26)11-8-6-4-5-7-10-21-18-20(2)30-28(33)25(21)19-29-27(24)32/h6,8-9,12-13,18,22H,3-5,7,10-11,14-17,19H2,1-2H3,(H,29,32)(H,30,33)/b8-6-. The lowest BCUT2D eigenvalue weighted by Crippen LogP contribution is -2.40. The number of benzene rings is 1. The van der Waals surface area contributed by atoms with Gasteiger partial charge in [-0.15, -0.1) is 0 Å². The first-order chi connectivity index (χ1) is 16.6. The van der Waals surface area contributed by atoms with Gasteiger partial charge in [0.1, 0.15) is 0 Å². The summed E-state index contributed by atoms with van der Waals surface area (Å²) in [5.74, 6) is -0.128. The first-order valence-corrected chi connectivity index (χ1v) is 12.7. The molecule has 2 aliphatic heterocycles. The molecule has 2 aromatic rings. The van der Waals surface area contributed by atoms with Gasteiger partial charge in [0, 0.05) is 54.9 Å². The third-order valence-electron chi connectivity index (χ3n) is 7.02. The van der Waals surface area contributed by atoms with Gasteiger partial charge in [-0.1, -0.05) is 18.2 Å². The molecule has 34 heavy (non-hydrogen) atoms. The molecule has 2 aliphatic rings. The first-order valence-electron chi connectivity index (χ1n) is 12.7. The highest BCUT2D eigenvalue weighted by Crippen LogP contribution is 2.30. The lowest BCUT2D eigenvalue weighted by Gasteiger charge is -2.37. The number of aromatic nitrogens is 1. The lowest BCUT2D eigenvalue weighted by atomic mass is 9.96. The van der Waals surface area contributed by atoms with Crippen LogP contribution in [0.2, 0.25) is 0 Å². The van der Waals surface area contributed by atoms with Crippen LogP contribution in [0.1, 0.15) is 71.8 Å². The highest BCUT2D eigenvalue weighted by atomic mass is 16.5. The van der Waals surface area contributed by atoms with E-state index in [2.05, 4.69) is 40.3 Å². The Morgan fingerprint density at radius 1 is 1.09 bits per heavy atom. The molecule has 0 saturated carbocycles. The van der Waals surface area contributed by atoms with Crippen LogP contribution in [0.5, 0.6) is 0 Å². The van der Waals surface area contributed by atoms with Crippen molar-refractivity contribution in [3.63, 3.8) is 0 Å². The predicted octanol–water partition coefficient (Wildman–Crippen LogP) is 4.44. The Kier molecular flexibility index (Phi) is 8.22. The number of hydrogen-bond donors (Lipinski definition) is 2. The van der Waals surface area contributed by atoms with Crippen LogP contribution in [-0.4, -0.2) is 36.7 Å². The summed E-state index contributed by atoms with van der Waals surface area (Å²) >= 11 is 0. The van der Waals surface area contributed by atoms with Gasteiger partial charge in [-0.2, -0.15) is 0 Å². The van der Waals surface area contributed by atoms with Crippen LogP contribution >= 0.6 is 0 Å². The van der Waals surface area contributed by atoms with Crippen molar-refractivity contribution in [1.29, 1.82) is 0 Å². The number of allylic oxidation sites excluding steroid dienone is 2. The van der Waals surface area contributed by atoms with Crippen molar-refractivity contribution in [2.45, 2.75) is 71.4 Å². The fraction of sp³-hybridized carbons (Fsp3) is 0.500. The number of carbonyl (C=O) groups excluding carboxylic acids is 1. The summed E-state index contributed by atoms with van der Waals surface area (Å²) in [5, 5.41) is 3.05. The van der Waals surface area contributed by atoms with E-state index in [0.717, 1.165) is 87.2 Å². The Morgan fingerprint density at radius 3 is 2.71 bits per heavy atom. The number of ether oxygens (including phenoxy) is 1. The Bertz CT molecular complexity index is 1080. The van der Waals surface area contributed by atoms with Crippen LogP contribution < -0.4 is 15.8 Å². The third-order valence-corrected chi connectivity index (χ3v) is 7.02. The van der Waals surface area contributed by atoms with E-state index in [9.17, 15) is 9.59 Å². The van der Waals surface area contributed by atoms with Crippen LogP contribution in [0.4, 0.5) is 5.69 Å². The zero-order chi connectivity index (χ0) is 23.9. The fourth-order valence-electron chi connectivity index (χ4n) is 5.26. The number of carbonyl (C=O) groups is 1. The normalized spacial score (nSPS) is 18.8. The molecule has 6 nitrogen and oxygen atoms in total. The van der Waals surface area contributed by atoms with Gasteiger partial charge in [-0.05, 0) is 88.1 Å². The second-order valence-electron chi connectivity index (χ2n) is 9.32. The molecule has 182 valence electrons. The van der Waals surface area contributed by atoms with Gasteiger partial charge >= 0.3 is 0 Å². The number of rotatable bonds is 3. The minimum absolute atomic E-state index is 0.104. The summed E-state index contributed by atoms with van der Waals surface area (Å²) < 4.78 is 5.59. The van der Waals surface area contributed by atoms with E-state index >= 15 is 0 Å². The number of aromatic amines is 1. The Hall–Kier alpha value is -2.86. The van der Waals surface area contributed by atoms with E-state index in [1.807, 2.05) is 25.1 Å². The van der Waals surface area contributed by atoms with Crippen LogP contribution in [0.25, 0.3) is 0 Å². The average molecular weight is 464 g/mol. The highest BCUT2D eigenvalue weighted by molar-refractivity contribution is 5.97. The molecule has 6 heteroatoms. The number of hydrogen-bond acceptors (Lipinski definition) is 4. The van der Waals surface area contributed by atoms with Crippen molar-refractivity contribution in [1.82, 2.24) is 10.3 Å². The van der Waals surface area contributed by atoms with Gasteiger partial charge < -0.3 is 19.9 Å². The van der Waals surface area contributed by atoms with Crippen molar-refractivity contribution < 1.29 is 9.53 Å². The van der Waals surface area contributed by atoms with Crippen molar-refractivity contribution >= 4 is 11.6 Å². The van der Waals surface area contributed by atoms with Crippen molar-refractivity contribution in [3.8, 4) is 0 Å². The number of anilines is 1. The topological polar surface area (TPSA) is 74.4 Å². The smallest absolute Gasteiger partial charge is 0.253 e. The summed E-state index contributed by atoms with van der Waals surface area (Å²) in [5.41, 5.74) is 5.34. The molecule has 0 bridgehead atoms. The van der Waals surface area contributed by atoms with Crippen LogP contribution in [0, 0.1) is 6.92 Å². The van der Waals surface area contributed by atoms with Crippen molar-refractivity contribution in [2.24, 2.45) is 0 Å². The molecule has 1 fully saturated rings. The molecule has 1 aromatic heterocycles. The summed E-state index contributed by atoms with van der Waals surface area (Å²) in [4.78, 5) is 31.5. The first kappa shape index (κ1) is 24.3. The minimum atomic E-state index is -0.128. The monoisotopic (exact) mass is 463 g/mol. The zero-order valence-corrected chi connectivity index (χ0v) is 20.5. The van der Waals surface area contributed by atoms with E-state index in [0.29, 0.717) is 17.2 Å². The molecule has 1 amide bonds. The van der Waals surface area contributed by atoms with E-state index in [1.54, 1.807) is 0 Å². The molecule has 0 unspecified atom stereocenters. The molecular weight excluding hydrogens is 426 g/mol. The Labute approximate surface area is 202 Å². The third kappa shape index (κ3) is 5.61. The summed E-state index contributed by atoms with van der Waals surface area (Å²) in [6, 6.07) is 8.49. The number of nitrogens with one attached hydrogen (secondary N) is 2. The van der Waals surface area contributed by atoms with Crippen molar-refractivity contribution in [2.75, 3.05) is 24.7 Å². The molecule has 1 aromatic carbocycles. The quantitative estimate of drug-likeness (QED) is 0.660. The second kappa shape index (κ2) is 11.5. The van der Waals surface area contributed by atoms with Crippen molar-refractivity contribution in [3.05, 3.63) is 74.7 Å². The maximum atomic E-state index is 13.4. The summed E-state index contributed by atoms with van der Waals surface area (Å²) in [7, 11) is 0. The molecule has 2 N–H and O–H groups in total. The number of pyridine rings is 1. The molecule has 0 spiro atoms. The minimum Gasteiger partial charge on any atom is -0.381 e. The van der Waals surface area contributed by atoms with Gasteiger partial charge in [-0.3, -0.25) is 9.59 Å². The highest BCUT2D eigenvalue weighted by Gasteiger charge is 2.25. The van der Waals surface area contributed by atoms with E-state index < -0.39 is 0 Å². The molecule has 0 atom stereocenters. The molecule has 1 saturated heterocycles. The molecule has 3 heterocycles. The number of amides is 1. The van der Waals surface area contributed by atoms with Gasteiger partial charge in [0.05, 0.1) is 0 Å². The van der Waals surface area contributed by atoms with Crippen LogP contribution in [0.15, 0.2) is 41.2 Å². The van der Waals surface area contributed by atoms with Gasteiger partial charge in [0.15, 0.2) is 0 Å². The van der Waals surface area contributed by atoms with Crippen LogP contribution in [-0.2, 0) is 24.1 Å². The lowest BCUT2D eigenvalue weighted by molar-refractivity contribution is 0.0845. The maximum absolute atomic E-state index is 13.4. The van der Waals surface area contributed by atoms with E-state index in [4.69, 9.17) is 4.74 Å². The number of aryl methyl sites for hydroxylation is 2. The Morgan fingerprint density at radius 2 is 1.91 bits per heavy atom. The SMILES string of the molecule is CCN(c1cccc2c1C/C=C\CCCCc1cc(C)[nH]c(=O)c1CNC2=O)C1CCOCC1. The zero-order valence-electron chi connectivity index (χ0n) is 20.5. The number of nitrogens with zero attached hydrogens (tertiary/aromatic N) is 1. The van der Waals surface area contributed by atoms with Gasteiger partial charge in [0.2, 0.25) is 0 Å². The second-order valence-corrected chi connectivity index (χ2v) is 9.32. The number of H-pyrrole nitrogens is 1. The molecule has 4 rings (SSSR count). The summed E-state index contributed by atoms with van der Waals surface area (Å²) in [6.45, 7) is 6.77. The van der Waals surface area contributed by atoms with Gasteiger partial charge in [0.25, 0.3) is 11.5 Å². The summed E-state index contributed by atoms with van der Waals surface area (Å²) in [6.07, 6.45) is 11.1. The fourth-order valence-corrected chi connectivity index (χ4v) is 5.26.